The van der Waals surface area contributed by atoms with Crippen LogP contribution in [0.15, 0.2) is 28.7 Å². The summed E-state index contributed by atoms with van der Waals surface area (Å²) in [6.07, 6.45) is 0. The minimum Gasteiger partial charge on any atom is -0.466 e. The average Bonchev–Trinajstić information content (AvgIpc) is 2.68. The molecule has 1 aromatic heterocycles. The number of halogens is 1. The molecule has 1 heterocycles. The summed E-state index contributed by atoms with van der Waals surface area (Å²) in [7, 11) is 0. The molecule has 1 amide bonds. The van der Waals surface area contributed by atoms with Gasteiger partial charge >= 0.3 is 0 Å². The zero-order valence-corrected chi connectivity index (χ0v) is 12.0. The van der Waals surface area contributed by atoms with Crippen molar-refractivity contribution in [1.82, 2.24) is 5.32 Å². The molecule has 3 nitrogen and oxygen atoms in total. The number of carbonyl (C=O) groups is 1. The molecular weight excluding hydrogens is 262 g/mol. The number of rotatable bonds is 3. The molecule has 0 aliphatic carbocycles. The van der Waals surface area contributed by atoms with Crippen molar-refractivity contribution in [2.24, 2.45) is 0 Å². The van der Waals surface area contributed by atoms with Crippen LogP contribution in [-0.4, -0.2) is 5.91 Å². The summed E-state index contributed by atoms with van der Waals surface area (Å²) in [5.41, 5.74) is 2.51. The quantitative estimate of drug-likeness (QED) is 0.927. The molecule has 0 bridgehead atoms. The molecule has 1 aromatic carbocycles. The number of hydrogen-bond acceptors (Lipinski definition) is 2. The largest absolute Gasteiger partial charge is 0.466 e. The monoisotopic (exact) mass is 277 g/mol. The van der Waals surface area contributed by atoms with Crippen molar-refractivity contribution >= 4 is 17.5 Å². The molecule has 100 valence electrons. The van der Waals surface area contributed by atoms with Crippen LogP contribution in [0.1, 0.15) is 33.0 Å². The third kappa shape index (κ3) is 3.18. The number of nitrogens with one attached hydrogen (secondary N) is 1. The molecule has 4 heteroatoms. The first kappa shape index (κ1) is 13.7. The Morgan fingerprint density at radius 3 is 2.58 bits per heavy atom. The van der Waals surface area contributed by atoms with Crippen molar-refractivity contribution in [1.29, 1.82) is 0 Å². The second-order valence-corrected chi connectivity index (χ2v) is 4.99. The van der Waals surface area contributed by atoms with Gasteiger partial charge in [-0.2, -0.15) is 0 Å². The Labute approximate surface area is 117 Å². The van der Waals surface area contributed by atoms with Gasteiger partial charge in [0, 0.05) is 22.7 Å². The van der Waals surface area contributed by atoms with Crippen LogP contribution in [0.5, 0.6) is 0 Å². The average molecular weight is 278 g/mol. The lowest BCUT2D eigenvalue weighted by molar-refractivity contribution is 0.0951. The smallest absolute Gasteiger partial charge is 0.251 e. The van der Waals surface area contributed by atoms with Crippen molar-refractivity contribution < 1.29 is 9.21 Å². The minimum atomic E-state index is -0.139. The molecule has 1 N–H and O–H groups in total. The van der Waals surface area contributed by atoms with Crippen LogP contribution in [-0.2, 0) is 6.54 Å². The molecule has 0 saturated heterocycles. The lowest BCUT2D eigenvalue weighted by atomic mass is 10.1. The lowest BCUT2D eigenvalue weighted by Gasteiger charge is -2.06. The molecule has 0 saturated carbocycles. The van der Waals surface area contributed by atoms with Gasteiger partial charge in [-0.3, -0.25) is 4.79 Å². The zero-order chi connectivity index (χ0) is 14.0. The Bertz CT molecular complexity index is 617. The molecule has 0 unspecified atom stereocenters. The summed E-state index contributed by atoms with van der Waals surface area (Å²) >= 11 is 6.01. The Kier molecular flexibility index (Phi) is 3.96. The van der Waals surface area contributed by atoms with E-state index in [4.69, 9.17) is 16.0 Å². The maximum Gasteiger partial charge on any atom is 0.251 e. The molecule has 0 aliphatic heterocycles. The Hall–Kier alpha value is -1.74. The van der Waals surface area contributed by atoms with Crippen LogP contribution in [0.2, 0.25) is 5.02 Å². The molecule has 2 rings (SSSR count). The van der Waals surface area contributed by atoms with Crippen molar-refractivity contribution in [3.63, 3.8) is 0 Å². The predicted molar refractivity (Wildman–Crippen MR) is 75.5 cm³/mol. The Morgan fingerprint density at radius 2 is 2.00 bits per heavy atom. The van der Waals surface area contributed by atoms with Gasteiger partial charge in [-0.15, -0.1) is 0 Å². The Balaban J connectivity index is 2.05. The van der Waals surface area contributed by atoms with Crippen LogP contribution < -0.4 is 5.32 Å². The van der Waals surface area contributed by atoms with Gasteiger partial charge in [0.1, 0.15) is 11.5 Å². The van der Waals surface area contributed by atoms with Crippen molar-refractivity contribution in [3.8, 4) is 0 Å². The third-order valence-corrected chi connectivity index (χ3v) is 3.42. The maximum absolute atomic E-state index is 12.0. The molecule has 0 fully saturated rings. The van der Waals surface area contributed by atoms with Crippen LogP contribution in [0.25, 0.3) is 0 Å². The molecule has 0 aliphatic rings. The standard InChI is InChI=1S/C15H16ClNO2/c1-9-4-5-12(7-14(9)16)15(18)17-8-13-6-10(2)19-11(13)3/h4-7H,8H2,1-3H3,(H,17,18). The third-order valence-electron chi connectivity index (χ3n) is 3.02. The SMILES string of the molecule is Cc1cc(CNC(=O)c2ccc(C)c(Cl)c2)c(C)o1. The molecule has 0 radical (unpaired) electrons. The number of aryl methyl sites for hydroxylation is 3. The van der Waals surface area contributed by atoms with E-state index in [1.165, 1.54) is 0 Å². The summed E-state index contributed by atoms with van der Waals surface area (Å²) in [4.78, 5) is 12.0. The minimum absolute atomic E-state index is 0.139. The fourth-order valence-corrected chi connectivity index (χ4v) is 2.05. The summed E-state index contributed by atoms with van der Waals surface area (Å²) in [5.74, 6) is 1.54. The second-order valence-electron chi connectivity index (χ2n) is 4.59. The zero-order valence-electron chi connectivity index (χ0n) is 11.2. The van der Waals surface area contributed by atoms with E-state index in [-0.39, 0.29) is 5.91 Å². The maximum atomic E-state index is 12.0. The van der Waals surface area contributed by atoms with E-state index < -0.39 is 0 Å². The van der Waals surface area contributed by atoms with Gasteiger partial charge in [-0.05, 0) is 44.5 Å². The van der Waals surface area contributed by atoms with Crippen LogP contribution in [0, 0.1) is 20.8 Å². The summed E-state index contributed by atoms with van der Waals surface area (Å²) in [6.45, 7) is 6.13. The van der Waals surface area contributed by atoms with E-state index in [0.717, 1.165) is 22.6 Å². The fourth-order valence-electron chi connectivity index (χ4n) is 1.87. The van der Waals surface area contributed by atoms with Gasteiger partial charge < -0.3 is 9.73 Å². The van der Waals surface area contributed by atoms with E-state index in [9.17, 15) is 4.79 Å². The highest BCUT2D eigenvalue weighted by atomic mass is 35.5. The highest BCUT2D eigenvalue weighted by Gasteiger charge is 2.09. The van der Waals surface area contributed by atoms with E-state index in [2.05, 4.69) is 5.32 Å². The molecule has 19 heavy (non-hydrogen) atoms. The number of hydrogen-bond donors (Lipinski definition) is 1. The first-order chi connectivity index (χ1) is 8.97. The highest BCUT2D eigenvalue weighted by Crippen LogP contribution is 2.17. The second kappa shape index (κ2) is 5.49. The lowest BCUT2D eigenvalue weighted by Crippen LogP contribution is -2.22. The number of carbonyl (C=O) groups excluding carboxylic acids is 1. The molecule has 2 aromatic rings. The van der Waals surface area contributed by atoms with Crippen molar-refractivity contribution in [2.45, 2.75) is 27.3 Å². The number of furan rings is 1. The topological polar surface area (TPSA) is 42.2 Å². The highest BCUT2D eigenvalue weighted by molar-refractivity contribution is 6.31. The summed E-state index contributed by atoms with van der Waals surface area (Å²) in [6, 6.07) is 7.21. The first-order valence-electron chi connectivity index (χ1n) is 6.07. The van der Waals surface area contributed by atoms with Crippen molar-refractivity contribution in [3.05, 3.63) is 57.5 Å². The van der Waals surface area contributed by atoms with Gasteiger partial charge in [0.2, 0.25) is 0 Å². The van der Waals surface area contributed by atoms with E-state index >= 15 is 0 Å². The summed E-state index contributed by atoms with van der Waals surface area (Å²) < 4.78 is 5.41. The van der Waals surface area contributed by atoms with Crippen LogP contribution >= 0.6 is 11.6 Å². The fraction of sp³-hybridized carbons (Fsp3) is 0.267. The summed E-state index contributed by atoms with van der Waals surface area (Å²) in [5, 5.41) is 3.46. The van der Waals surface area contributed by atoms with Gasteiger partial charge in [0.15, 0.2) is 0 Å². The molecule has 0 atom stereocenters. The van der Waals surface area contributed by atoms with E-state index in [0.29, 0.717) is 17.1 Å². The first-order valence-corrected chi connectivity index (χ1v) is 6.45. The van der Waals surface area contributed by atoms with Crippen LogP contribution in [0.4, 0.5) is 0 Å². The molecule has 0 spiro atoms. The normalized spacial score (nSPS) is 10.5. The molecular formula is C15H16ClNO2. The van der Waals surface area contributed by atoms with Gasteiger partial charge in [0.25, 0.3) is 5.91 Å². The van der Waals surface area contributed by atoms with E-state index in [1.807, 2.05) is 32.9 Å². The van der Waals surface area contributed by atoms with Gasteiger partial charge in [-0.1, -0.05) is 17.7 Å². The predicted octanol–water partition coefficient (Wildman–Crippen LogP) is 3.79. The van der Waals surface area contributed by atoms with Crippen molar-refractivity contribution in [2.75, 3.05) is 0 Å². The Morgan fingerprint density at radius 1 is 1.26 bits per heavy atom. The number of amides is 1. The van der Waals surface area contributed by atoms with Gasteiger partial charge in [0.05, 0.1) is 0 Å². The number of benzene rings is 1. The van der Waals surface area contributed by atoms with Gasteiger partial charge in [-0.25, -0.2) is 0 Å². The van der Waals surface area contributed by atoms with Crippen LogP contribution in [0.3, 0.4) is 0 Å². The van der Waals surface area contributed by atoms with E-state index in [1.54, 1.807) is 12.1 Å².